The smallest absolute Gasteiger partial charge is 0.340 e. The van der Waals surface area contributed by atoms with E-state index in [0.29, 0.717) is 12.6 Å². The van der Waals surface area contributed by atoms with Crippen molar-refractivity contribution in [3.8, 4) is 0 Å². The van der Waals surface area contributed by atoms with E-state index >= 15 is 0 Å². The van der Waals surface area contributed by atoms with Gasteiger partial charge in [-0.25, -0.2) is 13.6 Å². The molecule has 0 spiro atoms. The van der Waals surface area contributed by atoms with Crippen molar-refractivity contribution in [2.45, 2.75) is 6.54 Å². The molecule has 0 aromatic heterocycles. The Morgan fingerprint density at radius 2 is 2.00 bits per heavy atom. The van der Waals surface area contributed by atoms with Gasteiger partial charge in [-0.2, -0.15) is 0 Å². The third kappa shape index (κ3) is 3.78. The first-order chi connectivity index (χ1) is 10.0. The molecule has 0 fully saturated rings. The minimum atomic E-state index is -0.952. The lowest BCUT2D eigenvalue weighted by molar-refractivity contribution is 0.0595. The Morgan fingerprint density at radius 3 is 2.67 bits per heavy atom. The van der Waals surface area contributed by atoms with Crippen LogP contribution in [0.5, 0.6) is 0 Å². The van der Waals surface area contributed by atoms with Crippen molar-refractivity contribution < 1.29 is 18.3 Å². The number of nitrogens with one attached hydrogen (secondary N) is 1. The fourth-order valence-electron chi connectivity index (χ4n) is 1.80. The van der Waals surface area contributed by atoms with Crippen LogP contribution >= 0.6 is 15.9 Å². The van der Waals surface area contributed by atoms with E-state index in [-0.39, 0.29) is 11.3 Å². The lowest BCUT2D eigenvalue weighted by atomic mass is 10.1. The second kappa shape index (κ2) is 6.67. The number of ether oxygens (including phenoxy) is 1. The first-order valence-electron chi connectivity index (χ1n) is 6.07. The molecule has 3 nitrogen and oxygen atoms in total. The van der Waals surface area contributed by atoms with Gasteiger partial charge in [0.05, 0.1) is 18.4 Å². The van der Waals surface area contributed by atoms with Crippen LogP contribution < -0.4 is 5.32 Å². The molecule has 0 aliphatic rings. The molecule has 0 aliphatic heterocycles. The Kier molecular flexibility index (Phi) is 4.90. The van der Waals surface area contributed by atoms with Crippen LogP contribution in [0.3, 0.4) is 0 Å². The summed E-state index contributed by atoms with van der Waals surface area (Å²) in [6.45, 7) is 0.336. The monoisotopic (exact) mass is 355 g/mol. The highest BCUT2D eigenvalue weighted by Crippen LogP contribution is 2.21. The molecule has 1 N–H and O–H groups in total. The molecule has 0 aliphatic carbocycles. The summed E-state index contributed by atoms with van der Waals surface area (Å²) in [5, 5.41) is 2.83. The van der Waals surface area contributed by atoms with Gasteiger partial charge in [-0.05, 0) is 23.8 Å². The van der Waals surface area contributed by atoms with Crippen LogP contribution in [-0.2, 0) is 11.3 Å². The quantitative estimate of drug-likeness (QED) is 0.838. The minimum Gasteiger partial charge on any atom is -0.465 e. The number of rotatable bonds is 4. The predicted octanol–water partition coefficient (Wildman–Crippen LogP) is 4.13. The zero-order chi connectivity index (χ0) is 15.4. The second-order valence-corrected chi connectivity index (χ2v) is 5.20. The molecule has 0 saturated heterocycles. The van der Waals surface area contributed by atoms with Gasteiger partial charge in [0.15, 0.2) is 0 Å². The van der Waals surface area contributed by atoms with Crippen LogP contribution in [0.1, 0.15) is 15.9 Å². The van der Waals surface area contributed by atoms with E-state index in [0.717, 1.165) is 23.2 Å². The summed E-state index contributed by atoms with van der Waals surface area (Å²) in [5.74, 6) is -2.57. The predicted molar refractivity (Wildman–Crippen MR) is 79.2 cm³/mol. The number of halogens is 3. The number of carbonyl (C=O) groups excluding carboxylic acids is 1. The van der Waals surface area contributed by atoms with Crippen molar-refractivity contribution in [2.75, 3.05) is 12.4 Å². The molecule has 2 aromatic carbocycles. The number of hydrogen-bond donors (Lipinski definition) is 1. The Bertz CT molecular complexity index is 677. The molecule has 0 atom stereocenters. The highest BCUT2D eigenvalue weighted by atomic mass is 79.9. The van der Waals surface area contributed by atoms with Crippen LogP contribution in [0.2, 0.25) is 0 Å². The largest absolute Gasteiger partial charge is 0.465 e. The Labute approximate surface area is 129 Å². The summed E-state index contributed by atoms with van der Waals surface area (Å²) in [4.78, 5) is 11.4. The van der Waals surface area contributed by atoms with Gasteiger partial charge in [0.25, 0.3) is 0 Å². The molecule has 0 unspecified atom stereocenters. The molecule has 2 rings (SSSR count). The number of benzene rings is 2. The van der Waals surface area contributed by atoms with Gasteiger partial charge >= 0.3 is 5.97 Å². The van der Waals surface area contributed by atoms with E-state index in [2.05, 4.69) is 26.0 Å². The number of carbonyl (C=O) groups is 1. The standard InChI is InChI=1S/C15H12BrF2NO2/c1-21-15(20)11-6-14(13(18)7-12(11)17)19-8-9-3-2-4-10(16)5-9/h2-7,19H,8H2,1H3. The molecule has 21 heavy (non-hydrogen) atoms. The van der Waals surface area contributed by atoms with Gasteiger partial charge < -0.3 is 10.1 Å². The molecule has 2 aromatic rings. The van der Waals surface area contributed by atoms with Gasteiger partial charge in [-0.3, -0.25) is 0 Å². The number of methoxy groups -OCH3 is 1. The average Bonchev–Trinajstić information content (AvgIpc) is 2.45. The zero-order valence-corrected chi connectivity index (χ0v) is 12.7. The van der Waals surface area contributed by atoms with Gasteiger partial charge in [0, 0.05) is 17.1 Å². The molecule has 110 valence electrons. The van der Waals surface area contributed by atoms with Crippen molar-refractivity contribution in [3.05, 3.63) is 63.6 Å². The van der Waals surface area contributed by atoms with Crippen molar-refractivity contribution in [3.63, 3.8) is 0 Å². The van der Waals surface area contributed by atoms with E-state index in [1.807, 2.05) is 24.3 Å². The van der Waals surface area contributed by atoms with Crippen LogP contribution in [0.15, 0.2) is 40.9 Å². The first kappa shape index (κ1) is 15.4. The van der Waals surface area contributed by atoms with E-state index in [4.69, 9.17) is 0 Å². The average molecular weight is 356 g/mol. The Morgan fingerprint density at radius 1 is 1.24 bits per heavy atom. The van der Waals surface area contributed by atoms with Crippen molar-refractivity contribution >= 4 is 27.6 Å². The van der Waals surface area contributed by atoms with Crippen molar-refractivity contribution in [1.82, 2.24) is 0 Å². The zero-order valence-electron chi connectivity index (χ0n) is 11.1. The first-order valence-corrected chi connectivity index (χ1v) is 6.86. The van der Waals surface area contributed by atoms with E-state index in [9.17, 15) is 13.6 Å². The highest BCUT2D eigenvalue weighted by Gasteiger charge is 2.16. The molecule has 0 bridgehead atoms. The van der Waals surface area contributed by atoms with Gasteiger partial charge in [0.2, 0.25) is 0 Å². The number of hydrogen-bond acceptors (Lipinski definition) is 3. The molecule has 0 saturated carbocycles. The third-order valence-electron chi connectivity index (χ3n) is 2.83. The van der Waals surface area contributed by atoms with Crippen LogP contribution in [0.25, 0.3) is 0 Å². The maximum atomic E-state index is 13.7. The Balaban J connectivity index is 2.21. The van der Waals surface area contributed by atoms with Gasteiger partial charge in [0.1, 0.15) is 11.6 Å². The molecule has 0 amide bonds. The highest BCUT2D eigenvalue weighted by molar-refractivity contribution is 9.10. The maximum absolute atomic E-state index is 13.7. The molecular formula is C15H12BrF2NO2. The van der Waals surface area contributed by atoms with Crippen LogP contribution in [0.4, 0.5) is 14.5 Å². The van der Waals surface area contributed by atoms with Crippen LogP contribution in [-0.4, -0.2) is 13.1 Å². The fourth-order valence-corrected chi connectivity index (χ4v) is 2.24. The van der Waals surface area contributed by atoms with Crippen molar-refractivity contribution in [1.29, 1.82) is 0 Å². The van der Waals surface area contributed by atoms with Gasteiger partial charge in [-0.15, -0.1) is 0 Å². The lowest BCUT2D eigenvalue weighted by Crippen LogP contribution is -2.08. The molecule has 6 heteroatoms. The molecule has 0 heterocycles. The maximum Gasteiger partial charge on any atom is 0.340 e. The van der Waals surface area contributed by atoms with Crippen LogP contribution in [0, 0.1) is 11.6 Å². The molecule has 0 radical (unpaired) electrons. The second-order valence-electron chi connectivity index (χ2n) is 4.29. The topological polar surface area (TPSA) is 38.3 Å². The van der Waals surface area contributed by atoms with Crippen molar-refractivity contribution in [2.24, 2.45) is 0 Å². The minimum absolute atomic E-state index is 0.0387. The van der Waals surface area contributed by atoms with E-state index < -0.39 is 17.6 Å². The fraction of sp³-hybridized carbons (Fsp3) is 0.133. The summed E-state index contributed by atoms with van der Waals surface area (Å²) in [5.41, 5.74) is 0.639. The third-order valence-corrected chi connectivity index (χ3v) is 3.33. The molecular weight excluding hydrogens is 344 g/mol. The summed E-state index contributed by atoms with van der Waals surface area (Å²) in [6.07, 6.45) is 0. The summed E-state index contributed by atoms with van der Waals surface area (Å²) in [6, 6.07) is 9.22. The summed E-state index contributed by atoms with van der Waals surface area (Å²) in [7, 11) is 1.14. The Hall–Kier alpha value is -1.95. The number of esters is 1. The van der Waals surface area contributed by atoms with Gasteiger partial charge in [-0.1, -0.05) is 28.1 Å². The normalized spacial score (nSPS) is 10.3. The summed E-state index contributed by atoms with van der Waals surface area (Å²) >= 11 is 3.34. The number of anilines is 1. The van der Waals surface area contributed by atoms with E-state index in [1.165, 1.54) is 0 Å². The lowest BCUT2D eigenvalue weighted by Gasteiger charge is -2.10. The van der Waals surface area contributed by atoms with E-state index in [1.54, 1.807) is 0 Å². The summed E-state index contributed by atoms with van der Waals surface area (Å²) < 4.78 is 32.6. The SMILES string of the molecule is COC(=O)c1cc(NCc2cccc(Br)c2)c(F)cc1F.